The lowest BCUT2D eigenvalue weighted by Gasteiger charge is -2.35. The number of nitrogens with zero attached hydrogens (tertiary/aromatic N) is 2. The Kier molecular flexibility index (Phi) is 7.40. The molecule has 2 heterocycles. The van der Waals surface area contributed by atoms with E-state index >= 15 is 0 Å². The van der Waals surface area contributed by atoms with E-state index < -0.39 is 57.3 Å². The summed E-state index contributed by atoms with van der Waals surface area (Å²) in [5.74, 6) is -2.63. The predicted octanol–water partition coefficient (Wildman–Crippen LogP) is 2.99. The largest absolute Gasteiger partial charge is 0.417 e. The van der Waals surface area contributed by atoms with E-state index in [0.717, 1.165) is 18.4 Å². The average Bonchev–Trinajstić information content (AvgIpc) is 3.61. The van der Waals surface area contributed by atoms with Gasteiger partial charge in [0, 0.05) is 24.6 Å². The Morgan fingerprint density at radius 2 is 1.89 bits per heavy atom. The zero-order valence-electron chi connectivity index (χ0n) is 20.3. The lowest BCUT2D eigenvalue weighted by Crippen LogP contribution is -2.57. The van der Waals surface area contributed by atoms with Crippen LogP contribution in [0, 0.1) is 5.82 Å². The molecule has 1 aliphatic carbocycles. The smallest absolute Gasteiger partial charge is 0.391 e. The van der Waals surface area contributed by atoms with E-state index in [4.69, 9.17) is 0 Å². The Morgan fingerprint density at radius 3 is 2.45 bits per heavy atom. The van der Waals surface area contributed by atoms with Crippen LogP contribution in [0.5, 0.6) is 0 Å². The third kappa shape index (κ3) is 6.41. The highest BCUT2D eigenvalue weighted by atomic mass is 32.2. The van der Waals surface area contributed by atoms with Crippen molar-refractivity contribution in [2.45, 2.75) is 49.4 Å². The van der Waals surface area contributed by atoms with E-state index in [9.17, 15) is 40.7 Å². The molecule has 1 aliphatic heterocycles. The maximum atomic E-state index is 14.0. The molecule has 1 aromatic heterocycles. The number of rotatable bonds is 7. The SMILES string of the molecule is CS(=O)(=O)CCC1(c2ccc(N3C[C@H](O)C[C@@H](NC(=O)Nc4ncc(C(F)(F)F)cc4F)C3=O)cc2)CC1. The molecule has 38 heavy (non-hydrogen) atoms. The van der Waals surface area contributed by atoms with Gasteiger partial charge in [-0.1, -0.05) is 12.1 Å². The fourth-order valence-corrected chi connectivity index (χ4v) is 5.25. The number of halogens is 4. The molecule has 14 heteroatoms. The van der Waals surface area contributed by atoms with Crippen molar-refractivity contribution >= 4 is 33.3 Å². The predicted molar refractivity (Wildman–Crippen MR) is 130 cm³/mol. The van der Waals surface area contributed by atoms with Crippen molar-refractivity contribution < 1.29 is 40.7 Å². The molecule has 2 fully saturated rings. The van der Waals surface area contributed by atoms with Gasteiger partial charge in [-0.05, 0) is 48.4 Å². The van der Waals surface area contributed by atoms with Gasteiger partial charge in [0.05, 0.1) is 24.0 Å². The van der Waals surface area contributed by atoms with E-state index in [1.807, 2.05) is 17.4 Å². The number of carbonyl (C=O) groups is 2. The number of benzene rings is 1. The molecule has 4 rings (SSSR count). The number of aromatic nitrogens is 1. The summed E-state index contributed by atoms with van der Waals surface area (Å²) >= 11 is 0. The molecule has 0 unspecified atom stereocenters. The number of urea groups is 1. The molecule has 9 nitrogen and oxygen atoms in total. The van der Waals surface area contributed by atoms with Gasteiger partial charge >= 0.3 is 12.2 Å². The summed E-state index contributed by atoms with van der Waals surface area (Å²) in [6.45, 7) is -0.0354. The molecule has 1 saturated heterocycles. The zero-order valence-corrected chi connectivity index (χ0v) is 21.1. The number of aliphatic hydroxyl groups is 1. The Balaban J connectivity index is 1.42. The lowest BCUT2D eigenvalue weighted by atomic mass is 9.92. The van der Waals surface area contributed by atoms with Gasteiger partial charge in [0.25, 0.3) is 0 Å². The molecule has 0 bridgehead atoms. The standard InChI is InChI=1S/C24H26F4N4O5S/c1-38(36,37)9-8-23(6-7-23)14-2-4-16(5-3-14)32-13-17(33)11-19(21(32)34)30-22(35)31-20-18(25)10-15(12-29-20)24(26,27)28/h2-5,10,12,17,19,33H,6-9,11,13H2,1H3,(H2,29,30,31,35)/t17-,19-/m1/s1. The number of anilines is 2. The van der Waals surface area contributed by atoms with Crippen LogP contribution < -0.4 is 15.5 Å². The Labute approximate surface area is 216 Å². The average molecular weight is 559 g/mol. The quantitative estimate of drug-likeness (QED) is 0.449. The maximum Gasteiger partial charge on any atom is 0.417 e. The zero-order chi connectivity index (χ0) is 27.9. The van der Waals surface area contributed by atoms with Crippen molar-refractivity contribution in [3.8, 4) is 0 Å². The number of aliphatic hydroxyl groups excluding tert-OH is 1. The van der Waals surface area contributed by atoms with E-state index in [1.54, 1.807) is 12.1 Å². The third-order valence-electron chi connectivity index (χ3n) is 6.77. The second-order valence-corrected chi connectivity index (χ2v) is 12.0. The number of amides is 3. The molecule has 2 aliphatic rings. The first-order valence-electron chi connectivity index (χ1n) is 11.7. The second-order valence-electron chi connectivity index (χ2n) is 9.75. The summed E-state index contributed by atoms with van der Waals surface area (Å²) in [4.78, 5) is 30.0. The first kappa shape index (κ1) is 27.8. The maximum absolute atomic E-state index is 14.0. The van der Waals surface area contributed by atoms with Crippen LogP contribution >= 0.6 is 0 Å². The first-order chi connectivity index (χ1) is 17.7. The van der Waals surface area contributed by atoms with Crippen molar-refractivity contribution in [1.29, 1.82) is 0 Å². The molecule has 3 N–H and O–H groups in total. The van der Waals surface area contributed by atoms with E-state index in [1.165, 1.54) is 11.2 Å². The number of hydrogen-bond donors (Lipinski definition) is 3. The highest BCUT2D eigenvalue weighted by Gasteiger charge is 2.44. The van der Waals surface area contributed by atoms with Crippen molar-refractivity contribution in [3.05, 3.63) is 53.5 Å². The number of alkyl halides is 3. The van der Waals surface area contributed by atoms with Crippen LogP contribution in [-0.4, -0.2) is 61.1 Å². The number of sulfone groups is 1. The molecular weight excluding hydrogens is 532 g/mol. The van der Waals surface area contributed by atoms with Crippen molar-refractivity contribution in [2.24, 2.45) is 0 Å². The fourth-order valence-electron chi connectivity index (χ4n) is 4.49. The molecule has 0 radical (unpaired) electrons. The molecule has 1 saturated carbocycles. The van der Waals surface area contributed by atoms with Gasteiger partial charge in [-0.2, -0.15) is 13.2 Å². The van der Waals surface area contributed by atoms with Crippen LogP contribution in [0.25, 0.3) is 0 Å². The van der Waals surface area contributed by atoms with Gasteiger partial charge in [0.15, 0.2) is 11.6 Å². The van der Waals surface area contributed by atoms with Crippen molar-refractivity contribution in [3.63, 3.8) is 0 Å². The minimum Gasteiger partial charge on any atom is -0.391 e. The second kappa shape index (κ2) is 10.1. The van der Waals surface area contributed by atoms with E-state index in [-0.39, 0.29) is 30.2 Å². The number of pyridine rings is 1. The summed E-state index contributed by atoms with van der Waals surface area (Å²) in [5, 5.41) is 14.6. The Morgan fingerprint density at radius 1 is 1.24 bits per heavy atom. The molecule has 3 amide bonds. The van der Waals surface area contributed by atoms with Gasteiger partial charge in [-0.3, -0.25) is 10.1 Å². The molecular formula is C24H26F4N4O5S. The number of β-amino-alcohol motifs (C(OH)–C–C–N with tert-alkyl or cyclic N) is 1. The minimum atomic E-state index is -4.81. The molecule has 2 aromatic rings. The van der Waals surface area contributed by atoms with E-state index in [0.29, 0.717) is 18.3 Å². The van der Waals surface area contributed by atoms with Gasteiger partial charge in [0.2, 0.25) is 5.91 Å². The van der Waals surface area contributed by atoms with Crippen LogP contribution in [0.1, 0.15) is 36.8 Å². The van der Waals surface area contributed by atoms with Gasteiger partial charge < -0.3 is 15.3 Å². The lowest BCUT2D eigenvalue weighted by molar-refractivity contribution is -0.138. The highest BCUT2D eigenvalue weighted by Crippen LogP contribution is 2.51. The third-order valence-corrected chi connectivity index (χ3v) is 7.71. The molecule has 0 spiro atoms. The topological polar surface area (TPSA) is 129 Å². The highest BCUT2D eigenvalue weighted by molar-refractivity contribution is 7.90. The number of nitrogens with one attached hydrogen (secondary N) is 2. The molecule has 1 aromatic carbocycles. The van der Waals surface area contributed by atoms with Crippen LogP contribution in [0.15, 0.2) is 36.5 Å². The summed E-state index contributed by atoms with van der Waals surface area (Å²) in [7, 11) is -3.10. The van der Waals surface area contributed by atoms with E-state index in [2.05, 4.69) is 10.3 Å². The number of piperidine rings is 1. The summed E-state index contributed by atoms with van der Waals surface area (Å²) in [6, 6.07) is 4.91. The van der Waals surface area contributed by atoms with Crippen LogP contribution in [0.2, 0.25) is 0 Å². The van der Waals surface area contributed by atoms with Crippen molar-refractivity contribution in [1.82, 2.24) is 10.3 Å². The Bertz CT molecular complexity index is 1330. The minimum absolute atomic E-state index is 0.0354. The van der Waals surface area contributed by atoms with Gasteiger partial charge in [-0.25, -0.2) is 22.6 Å². The van der Waals surface area contributed by atoms with Crippen LogP contribution in [0.4, 0.5) is 33.9 Å². The van der Waals surface area contributed by atoms with Crippen molar-refractivity contribution in [2.75, 3.05) is 28.8 Å². The van der Waals surface area contributed by atoms with Crippen LogP contribution in [0.3, 0.4) is 0 Å². The van der Waals surface area contributed by atoms with Gasteiger partial charge in [0.1, 0.15) is 15.9 Å². The van der Waals surface area contributed by atoms with Gasteiger partial charge in [-0.15, -0.1) is 0 Å². The first-order valence-corrected chi connectivity index (χ1v) is 13.8. The molecule has 2 atom stereocenters. The fraction of sp³-hybridized carbons (Fsp3) is 0.458. The monoisotopic (exact) mass is 558 g/mol. The summed E-state index contributed by atoms with van der Waals surface area (Å²) in [5.41, 5.74) is -0.123. The Hall–Kier alpha value is -3.26. The summed E-state index contributed by atoms with van der Waals surface area (Å²) in [6.07, 6.45) is -2.15. The normalized spacial score (nSPS) is 21.2. The number of hydrogen-bond acceptors (Lipinski definition) is 6. The molecule has 206 valence electrons. The van der Waals surface area contributed by atoms with Crippen LogP contribution in [-0.2, 0) is 26.2 Å². The summed E-state index contributed by atoms with van der Waals surface area (Å²) < 4.78 is 75.3. The number of carbonyl (C=O) groups excluding carboxylic acids is 2.